The van der Waals surface area contributed by atoms with Gasteiger partial charge in [-0.25, -0.2) is 9.78 Å². The molecule has 0 spiro atoms. The van der Waals surface area contributed by atoms with Crippen molar-refractivity contribution in [3.63, 3.8) is 0 Å². The van der Waals surface area contributed by atoms with Crippen molar-refractivity contribution in [3.05, 3.63) is 48.7 Å². The summed E-state index contributed by atoms with van der Waals surface area (Å²) >= 11 is 0. The van der Waals surface area contributed by atoms with Gasteiger partial charge in [-0.2, -0.15) is 0 Å². The zero-order valence-electron chi connectivity index (χ0n) is 12.0. The maximum absolute atomic E-state index is 11.8. The molecule has 0 saturated heterocycles. The molecule has 0 saturated carbocycles. The molecule has 2 aromatic rings. The van der Waals surface area contributed by atoms with Crippen LogP contribution in [0.3, 0.4) is 0 Å². The number of para-hydroxylation sites is 1. The molecule has 5 heteroatoms. The maximum Gasteiger partial charge on any atom is 0.323 e. The summed E-state index contributed by atoms with van der Waals surface area (Å²) in [6.45, 7) is 2.76. The van der Waals surface area contributed by atoms with Crippen molar-refractivity contribution in [2.75, 3.05) is 17.2 Å². The molecule has 0 atom stereocenters. The van der Waals surface area contributed by atoms with Crippen LogP contribution in [0.15, 0.2) is 48.7 Å². The zero-order chi connectivity index (χ0) is 14.9. The average Bonchev–Trinajstić information content (AvgIpc) is 2.50. The summed E-state index contributed by atoms with van der Waals surface area (Å²) in [5.41, 5.74) is 1.36. The fraction of sp³-hybridized carbons (Fsp3) is 0.250. The summed E-state index contributed by atoms with van der Waals surface area (Å²) in [5, 5.41) is 5.45. The molecule has 0 unspecified atom stereocenters. The molecule has 0 radical (unpaired) electrons. The number of pyridine rings is 1. The van der Waals surface area contributed by atoms with E-state index >= 15 is 0 Å². The number of nitrogens with zero attached hydrogens (tertiary/aromatic N) is 1. The van der Waals surface area contributed by atoms with Crippen LogP contribution in [0.25, 0.3) is 0 Å². The molecule has 0 aliphatic carbocycles. The highest BCUT2D eigenvalue weighted by molar-refractivity contribution is 5.99. The van der Waals surface area contributed by atoms with Crippen LogP contribution in [0.5, 0.6) is 5.88 Å². The van der Waals surface area contributed by atoms with Crippen molar-refractivity contribution < 1.29 is 9.53 Å². The van der Waals surface area contributed by atoms with Gasteiger partial charge in [0.05, 0.1) is 18.5 Å². The molecule has 2 rings (SSSR count). The van der Waals surface area contributed by atoms with Crippen LogP contribution in [-0.2, 0) is 0 Å². The number of benzene rings is 1. The van der Waals surface area contributed by atoms with Crippen LogP contribution in [0.4, 0.5) is 16.2 Å². The lowest BCUT2D eigenvalue weighted by Gasteiger charge is -2.08. The number of ether oxygens (including phenoxy) is 1. The van der Waals surface area contributed by atoms with Gasteiger partial charge in [0.25, 0.3) is 0 Å². The van der Waals surface area contributed by atoms with E-state index in [9.17, 15) is 4.79 Å². The summed E-state index contributed by atoms with van der Waals surface area (Å²) in [4.78, 5) is 15.9. The van der Waals surface area contributed by atoms with E-state index in [0.29, 0.717) is 18.2 Å². The van der Waals surface area contributed by atoms with Crippen molar-refractivity contribution in [2.45, 2.75) is 19.8 Å². The topological polar surface area (TPSA) is 63.2 Å². The smallest absolute Gasteiger partial charge is 0.323 e. The molecule has 1 heterocycles. The van der Waals surface area contributed by atoms with Gasteiger partial charge in [0.1, 0.15) is 0 Å². The molecule has 110 valence electrons. The van der Waals surface area contributed by atoms with Gasteiger partial charge in [-0.3, -0.25) is 0 Å². The molecular weight excluding hydrogens is 266 g/mol. The number of carbonyl (C=O) groups is 1. The van der Waals surface area contributed by atoms with Crippen LogP contribution < -0.4 is 15.4 Å². The third kappa shape index (κ3) is 5.14. The summed E-state index contributed by atoms with van der Waals surface area (Å²) in [7, 11) is 0. The monoisotopic (exact) mass is 285 g/mol. The molecule has 0 bridgehead atoms. The van der Waals surface area contributed by atoms with Gasteiger partial charge in [-0.1, -0.05) is 31.5 Å². The van der Waals surface area contributed by atoms with Crippen LogP contribution in [0.2, 0.25) is 0 Å². The Hall–Kier alpha value is -2.56. The van der Waals surface area contributed by atoms with Gasteiger partial charge in [0, 0.05) is 11.8 Å². The fourth-order valence-corrected chi connectivity index (χ4v) is 1.68. The minimum Gasteiger partial charge on any atom is -0.478 e. The molecule has 2 amide bonds. The lowest BCUT2D eigenvalue weighted by Crippen LogP contribution is -2.19. The Balaban J connectivity index is 1.83. The Kier molecular flexibility index (Phi) is 5.58. The van der Waals surface area contributed by atoms with E-state index in [-0.39, 0.29) is 6.03 Å². The molecule has 0 aliphatic heterocycles. The number of hydrogen-bond donors (Lipinski definition) is 2. The maximum atomic E-state index is 11.8. The standard InChI is InChI=1S/C16H19N3O2/c1-2-3-11-21-15-10-9-14(12-17-15)19-16(20)18-13-7-5-4-6-8-13/h4-10,12H,2-3,11H2,1H3,(H2,18,19,20). The molecule has 5 nitrogen and oxygen atoms in total. The van der Waals surface area contributed by atoms with Crippen molar-refractivity contribution in [2.24, 2.45) is 0 Å². The zero-order valence-corrected chi connectivity index (χ0v) is 12.0. The Labute approximate surface area is 124 Å². The second-order valence-corrected chi connectivity index (χ2v) is 4.53. The van der Waals surface area contributed by atoms with E-state index in [1.165, 1.54) is 0 Å². The second-order valence-electron chi connectivity index (χ2n) is 4.53. The number of nitrogens with one attached hydrogen (secondary N) is 2. The first-order valence-electron chi connectivity index (χ1n) is 7.00. The van der Waals surface area contributed by atoms with E-state index < -0.39 is 0 Å². The predicted octanol–water partition coefficient (Wildman–Crippen LogP) is 3.90. The number of carbonyl (C=O) groups excluding carboxylic acids is 1. The Morgan fingerprint density at radius 2 is 1.86 bits per heavy atom. The summed E-state index contributed by atoms with van der Waals surface area (Å²) in [5.74, 6) is 0.567. The van der Waals surface area contributed by atoms with Crippen molar-refractivity contribution >= 4 is 17.4 Å². The van der Waals surface area contributed by atoms with Crippen molar-refractivity contribution in [3.8, 4) is 5.88 Å². The largest absolute Gasteiger partial charge is 0.478 e. The van der Waals surface area contributed by atoms with E-state index in [4.69, 9.17) is 4.74 Å². The van der Waals surface area contributed by atoms with Crippen LogP contribution in [0, 0.1) is 0 Å². The quantitative estimate of drug-likeness (QED) is 0.791. The summed E-state index contributed by atoms with van der Waals surface area (Å²) < 4.78 is 5.46. The van der Waals surface area contributed by atoms with E-state index in [1.807, 2.05) is 30.3 Å². The number of rotatable bonds is 6. The second kappa shape index (κ2) is 7.89. The van der Waals surface area contributed by atoms with Gasteiger partial charge >= 0.3 is 6.03 Å². The number of urea groups is 1. The molecular formula is C16H19N3O2. The number of anilines is 2. The van der Waals surface area contributed by atoms with Crippen LogP contribution >= 0.6 is 0 Å². The van der Waals surface area contributed by atoms with E-state index in [1.54, 1.807) is 18.3 Å². The van der Waals surface area contributed by atoms with Gasteiger partial charge < -0.3 is 15.4 Å². The minimum atomic E-state index is -0.303. The van der Waals surface area contributed by atoms with Gasteiger partial charge in [0.15, 0.2) is 0 Å². The van der Waals surface area contributed by atoms with Crippen molar-refractivity contribution in [1.29, 1.82) is 0 Å². The number of aromatic nitrogens is 1. The Morgan fingerprint density at radius 1 is 1.10 bits per heavy atom. The molecule has 2 N–H and O–H groups in total. The average molecular weight is 285 g/mol. The normalized spacial score (nSPS) is 9.95. The molecule has 0 aliphatic rings. The Morgan fingerprint density at radius 3 is 2.52 bits per heavy atom. The Bertz CT molecular complexity index is 555. The minimum absolute atomic E-state index is 0.303. The first-order valence-corrected chi connectivity index (χ1v) is 7.00. The highest BCUT2D eigenvalue weighted by Gasteiger charge is 2.03. The SMILES string of the molecule is CCCCOc1ccc(NC(=O)Nc2ccccc2)cn1. The number of amides is 2. The third-order valence-electron chi connectivity index (χ3n) is 2.77. The van der Waals surface area contributed by atoms with Crippen molar-refractivity contribution in [1.82, 2.24) is 4.98 Å². The molecule has 1 aromatic carbocycles. The third-order valence-corrected chi connectivity index (χ3v) is 2.77. The van der Waals surface area contributed by atoms with Gasteiger partial charge in [0.2, 0.25) is 5.88 Å². The van der Waals surface area contributed by atoms with Crippen LogP contribution in [0.1, 0.15) is 19.8 Å². The predicted molar refractivity (Wildman–Crippen MR) is 83.7 cm³/mol. The van der Waals surface area contributed by atoms with E-state index in [2.05, 4.69) is 22.5 Å². The van der Waals surface area contributed by atoms with Gasteiger partial charge in [-0.15, -0.1) is 0 Å². The first kappa shape index (κ1) is 14.8. The van der Waals surface area contributed by atoms with Gasteiger partial charge in [-0.05, 0) is 24.6 Å². The highest BCUT2D eigenvalue weighted by Crippen LogP contribution is 2.13. The lowest BCUT2D eigenvalue weighted by molar-refractivity contribution is 0.262. The lowest BCUT2D eigenvalue weighted by atomic mass is 10.3. The molecule has 1 aromatic heterocycles. The number of unbranched alkanes of at least 4 members (excludes halogenated alkanes) is 1. The summed E-state index contributed by atoms with van der Waals surface area (Å²) in [6, 6.07) is 12.5. The van der Waals surface area contributed by atoms with E-state index in [0.717, 1.165) is 18.5 Å². The van der Waals surface area contributed by atoms with Crippen LogP contribution in [-0.4, -0.2) is 17.6 Å². The number of hydrogen-bond acceptors (Lipinski definition) is 3. The highest BCUT2D eigenvalue weighted by atomic mass is 16.5. The fourth-order valence-electron chi connectivity index (χ4n) is 1.68. The molecule has 0 fully saturated rings. The summed E-state index contributed by atoms with van der Waals surface area (Å²) in [6.07, 6.45) is 3.66. The molecule has 21 heavy (non-hydrogen) atoms. The first-order chi connectivity index (χ1) is 10.3.